The standard InChI is InChI=1S/C24H23FN4O3S/c1-15-10-17-12-27-23(33(26,31)32)11-22(17)29(15)24(30)18-13-28(14-18)19-8-6-16(7-9-19)20-4-2-3-5-21(20)25/h2-9,11-12,15,18H,10,13-14H2,1H3,(H2,26,31,32)/t15-/m1/s1. The Labute approximate surface area is 191 Å². The molecule has 0 spiro atoms. The number of pyridine rings is 1. The van der Waals surface area contributed by atoms with Crippen molar-refractivity contribution in [3.8, 4) is 11.1 Å². The number of anilines is 2. The van der Waals surface area contributed by atoms with E-state index in [2.05, 4.69) is 9.88 Å². The number of primary sulfonamides is 1. The molecule has 2 N–H and O–H groups in total. The van der Waals surface area contributed by atoms with Gasteiger partial charge in [-0.1, -0.05) is 30.3 Å². The predicted molar refractivity (Wildman–Crippen MR) is 124 cm³/mol. The zero-order valence-electron chi connectivity index (χ0n) is 18.0. The van der Waals surface area contributed by atoms with Crippen molar-refractivity contribution in [1.29, 1.82) is 0 Å². The van der Waals surface area contributed by atoms with Crippen molar-refractivity contribution in [2.24, 2.45) is 11.1 Å². The first-order chi connectivity index (χ1) is 15.7. The molecule has 2 aliphatic heterocycles. The normalized spacial score (nSPS) is 18.2. The Kier molecular flexibility index (Phi) is 5.18. The first kappa shape index (κ1) is 21.5. The fourth-order valence-electron chi connectivity index (χ4n) is 4.56. The summed E-state index contributed by atoms with van der Waals surface area (Å²) in [6.07, 6.45) is 2.11. The lowest BCUT2D eigenvalue weighted by molar-refractivity contribution is -0.123. The van der Waals surface area contributed by atoms with Crippen LogP contribution in [0, 0.1) is 11.7 Å². The lowest BCUT2D eigenvalue weighted by Crippen LogP contribution is -2.55. The average molecular weight is 467 g/mol. The Morgan fingerprint density at radius 1 is 1.12 bits per heavy atom. The third-order valence-electron chi connectivity index (χ3n) is 6.33. The van der Waals surface area contributed by atoms with E-state index in [-0.39, 0.29) is 28.7 Å². The second-order valence-electron chi connectivity index (χ2n) is 8.59. The Bertz CT molecular complexity index is 1340. The molecule has 3 aromatic rings. The summed E-state index contributed by atoms with van der Waals surface area (Å²) in [6, 6.07) is 15.6. The topological polar surface area (TPSA) is 96.6 Å². The first-order valence-electron chi connectivity index (χ1n) is 10.7. The maximum atomic E-state index is 14.0. The van der Waals surface area contributed by atoms with Gasteiger partial charge in [-0.25, -0.2) is 22.9 Å². The number of halogens is 1. The number of hydrogen-bond donors (Lipinski definition) is 1. The Morgan fingerprint density at radius 3 is 2.48 bits per heavy atom. The van der Waals surface area contributed by atoms with Crippen molar-refractivity contribution in [3.05, 3.63) is 72.2 Å². The maximum Gasteiger partial charge on any atom is 0.255 e. The van der Waals surface area contributed by atoms with Gasteiger partial charge in [0, 0.05) is 42.6 Å². The molecule has 1 saturated heterocycles. The monoisotopic (exact) mass is 466 g/mol. The molecule has 0 bridgehead atoms. The van der Waals surface area contributed by atoms with Crippen molar-refractivity contribution in [1.82, 2.24) is 4.98 Å². The molecular weight excluding hydrogens is 443 g/mol. The quantitative estimate of drug-likeness (QED) is 0.638. The third-order valence-corrected chi connectivity index (χ3v) is 7.14. The van der Waals surface area contributed by atoms with E-state index >= 15 is 0 Å². The smallest absolute Gasteiger partial charge is 0.255 e. The molecule has 33 heavy (non-hydrogen) atoms. The number of nitrogens with zero attached hydrogens (tertiary/aromatic N) is 3. The summed E-state index contributed by atoms with van der Waals surface area (Å²) in [6.45, 7) is 3.06. The lowest BCUT2D eigenvalue weighted by Gasteiger charge is -2.42. The van der Waals surface area contributed by atoms with Crippen molar-refractivity contribution < 1.29 is 17.6 Å². The molecule has 7 nitrogen and oxygen atoms in total. The van der Waals surface area contributed by atoms with E-state index in [4.69, 9.17) is 5.14 Å². The number of benzene rings is 2. The summed E-state index contributed by atoms with van der Waals surface area (Å²) in [7, 11) is -3.95. The number of rotatable bonds is 4. The highest BCUT2D eigenvalue weighted by Gasteiger charge is 2.41. The van der Waals surface area contributed by atoms with Crippen LogP contribution in [0.2, 0.25) is 0 Å². The van der Waals surface area contributed by atoms with Crippen LogP contribution in [0.15, 0.2) is 65.8 Å². The molecular formula is C24H23FN4O3S. The van der Waals surface area contributed by atoms with Gasteiger partial charge in [0.15, 0.2) is 5.03 Å². The fraction of sp³-hybridized carbons (Fsp3) is 0.250. The third kappa shape index (κ3) is 3.87. The van der Waals surface area contributed by atoms with Crippen LogP contribution >= 0.6 is 0 Å². The summed E-state index contributed by atoms with van der Waals surface area (Å²) in [5.74, 6) is -0.497. The summed E-state index contributed by atoms with van der Waals surface area (Å²) >= 11 is 0. The van der Waals surface area contributed by atoms with Gasteiger partial charge in [-0.05, 0) is 42.7 Å². The van der Waals surface area contributed by atoms with E-state index in [1.54, 1.807) is 23.1 Å². The molecule has 0 unspecified atom stereocenters. The molecule has 1 atom stereocenters. The van der Waals surface area contributed by atoms with Crippen LogP contribution in [-0.4, -0.2) is 38.4 Å². The Morgan fingerprint density at radius 2 is 1.82 bits per heavy atom. The highest BCUT2D eigenvalue weighted by molar-refractivity contribution is 7.89. The Balaban J connectivity index is 1.29. The van der Waals surface area contributed by atoms with E-state index < -0.39 is 10.0 Å². The van der Waals surface area contributed by atoms with Gasteiger partial charge in [0.05, 0.1) is 11.6 Å². The molecule has 3 heterocycles. The zero-order chi connectivity index (χ0) is 23.3. The van der Waals surface area contributed by atoms with E-state index in [0.29, 0.717) is 30.8 Å². The molecule has 9 heteroatoms. The number of fused-ring (bicyclic) bond motifs is 1. The SMILES string of the molecule is C[C@@H]1Cc2cnc(S(N)(=O)=O)cc2N1C(=O)C1CN(c2ccc(-c3ccccc3F)cc2)C1. The van der Waals surface area contributed by atoms with Crippen molar-refractivity contribution >= 4 is 27.3 Å². The van der Waals surface area contributed by atoms with Crippen molar-refractivity contribution in [2.45, 2.75) is 24.4 Å². The molecule has 170 valence electrons. The molecule has 1 aromatic heterocycles. The minimum absolute atomic E-state index is 0.0351. The molecule has 1 amide bonds. The van der Waals surface area contributed by atoms with Gasteiger partial charge in [0.25, 0.3) is 10.0 Å². The molecule has 0 aliphatic carbocycles. The second-order valence-corrected chi connectivity index (χ2v) is 10.1. The number of carbonyl (C=O) groups excluding carboxylic acids is 1. The van der Waals surface area contributed by atoms with Crippen LogP contribution in [0.4, 0.5) is 15.8 Å². The minimum atomic E-state index is -3.95. The molecule has 2 aliphatic rings. The first-order valence-corrected chi connectivity index (χ1v) is 12.2. The number of nitrogens with two attached hydrogens (primary N) is 1. The highest BCUT2D eigenvalue weighted by Crippen LogP contribution is 2.36. The molecule has 0 radical (unpaired) electrons. The molecule has 1 fully saturated rings. The highest BCUT2D eigenvalue weighted by atomic mass is 32.2. The summed E-state index contributed by atoms with van der Waals surface area (Å²) in [4.78, 5) is 21.0. The minimum Gasteiger partial charge on any atom is -0.370 e. The van der Waals surface area contributed by atoms with E-state index in [1.165, 1.54) is 18.3 Å². The van der Waals surface area contributed by atoms with Crippen LogP contribution < -0.4 is 14.9 Å². The summed E-state index contributed by atoms with van der Waals surface area (Å²) in [5.41, 5.74) is 3.72. The average Bonchev–Trinajstić information content (AvgIpc) is 3.08. The lowest BCUT2D eigenvalue weighted by atomic mass is 9.96. The van der Waals surface area contributed by atoms with Gasteiger partial charge in [0.2, 0.25) is 5.91 Å². The van der Waals surface area contributed by atoms with E-state index in [1.807, 2.05) is 31.2 Å². The van der Waals surface area contributed by atoms with Crippen molar-refractivity contribution in [2.75, 3.05) is 22.9 Å². The van der Waals surface area contributed by atoms with Gasteiger partial charge in [-0.2, -0.15) is 0 Å². The number of carbonyl (C=O) groups is 1. The van der Waals surface area contributed by atoms with Crippen LogP contribution in [0.1, 0.15) is 12.5 Å². The van der Waals surface area contributed by atoms with Crippen LogP contribution in [0.5, 0.6) is 0 Å². The number of sulfonamides is 1. The number of amides is 1. The van der Waals surface area contributed by atoms with E-state index in [9.17, 15) is 17.6 Å². The largest absolute Gasteiger partial charge is 0.370 e. The van der Waals surface area contributed by atoms with Gasteiger partial charge < -0.3 is 9.80 Å². The number of aromatic nitrogens is 1. The second kappa shape index (κ2) is 7.93. The van der Waals surface area contributed by atoms with Crippen LogP contribution in [0.25, 0.3) is 11.1 Å². The fourth-order valence-corrected chi connectivity index (χ4v) is 5.04. The summed E-state index contributed by atoms with van der Waals surface area (Å²) < 4.78 is 37.4. The van der Waals surface area contributed by atoms with E-state index in [0.717, 1.165) is 16.8 Å². The van der Waals surface area contributed by atoms with Gasteiger partial charge >= 0.3 is 0 Å². The predicted octanol–water partition coefficient (Wildman–Crippen LogP) is 2.95. The zero-order valence-corrected chi connectivity index (χ0v) is 18.8. The van der Waals surface area contributed by atoms with Gasteiger partial charge in [-0.15, -0.1) is 0 Å². The number of hydrogen-bond acceptors (Lipinski definition) is 5. The molecule has 5 rings (SSSR count). The van der Waals surface area contributed by atoms with Crippen LogP contribution in [0.3, 0.4) is 0 Å². The van der Waals surface area contributed by atoms with Crippen LogP contribution in [-0.2, 0) is 21.2 Å². The molecule has 2 aromatic carbocycles. The van der Waals surface area contributed by atoms with Crippen molar-refractivity contribution in [3.63, 3.8) is 0 Å². The Hall–Kier alpha value is -3.30. The maximum absolute atomic E-state index is 14.0. The van der Waals surface area contributed by atoms with Gasteiger partial charge in [-0.3, -0.25) is 4.79 Å². The molecule has 0 saturated carbocycles. The summed E-state index contributed by atoms with van der Waals surface area (Å²) in [5, 5.41) is 4.98. The van der Waals surface area contributed by atoms with Gasteiger partial charge in [0.1, 0.15) is 5.82 Å².